The second kappa shape index (κ2) is 12.5. The number of carboxylic acid groups (broad SMARTS) is 1. The van der Waals surface area contributed by atoms with E-state index >= 15 is 4.39 Å². The molecule has 198 valence electrons. The Morgan fingerprint density at radius 1 is 1.24 bits per heavy atom. The van der Waals surface area contributed by atoms with E-state index in [4.69, 9.17) is 16.3 Å². The fourth-order valence-electron chi connectivity index (χ4n) is 5.20. The first-order valence-corrected chi connectivity index (χ1v) is 14.0. The number of fused-ring (bicyclic) bond motifs is 1. The maximum atomic E-state index is 15.7. The molecule has 0 spiro atoms. The SMILES string of the molecule is COc1ccc2ncc(Cl)c([C@H](F)CCC3(CC(=O)O)CCN(CCSc4ccc(C)cc4)CC3)c2c1. The van der Waals surface area contributed by atoms with Gasteiger partial charge in [0.25, 0.3) is 0 Å². The molecule has 3 aromatic rings. The summed E-state index contributed by atoms with van der Waals surface area (Å²) in [5.41, 5.74) is 1.90. The van der Waals surface area contributed by atoms with Crippen LogP contribution in [0.15, 0.2) is 53.6 Å². The van der Waals surface area contributed by atoms with Crippen LogP contribution in [0.1, 0.15) is 49.4 Å². The van der Waals surface area contributed by atoms with Crippen LogP contribution in [0.4, 0.5) is 4.39 Å². The van der Waals surface area contributed by atoms with Crippen LogP contribution in [0, 0.1) is 12.3 Å². The number of hydrogen-bond donors (Lipinski definition) is 1. The Morgan fingerprint density at radius 3 is 2.65 bits per heavy atom. The third-order valence-electron chi connectivity index (χ3n) is 7.45. The van der Waals surface area contributed by atoms with Gasteiger partial charge in [0.15, 0.2) is 0 Å². The number of likely N-dealkylation sites (tertiary alicyclic amines) is 1. The van der Waals surface area contributed by atoms with Gasteiger partial charge < -0.3 is 14.7 Å². The number of halogens is 2. The van der Waals surface area contributed by atoms with Gasteiger partial charge in [-0.05, 0) is 81.4 Å². The van der Waals surface area contributed by atoms with E-state index in [0.717, 1.165) is 38.2 Å². The summed E-state index contributed by atoms with van der Waals surface area (Å²) < 4.78 is 21.1. The molecule has 37 heavy (non-hydrogen) atoms. The summed E-state index contributed by atoms with van der Waals surface area (Å²) in [6.07, 6.45) is 2.44. The quantitative estimate of drug-likeness (QED) is 0.255. The Morgan fingerprint density at radius 2 is 1.97 bits per heavy atom. The molecule has 0 unspecified atom stereocenters. The van der Waals surface area contributed by atoms with E-state index in [1.54, 1.807) is 25.3 Å². The monoisotopic (exact) mass is 544 g/mol. The van der Waals surface area contributed by atoms with Crippen molar-refractivity contribution >= 4 is 40.2 Å². The molecule has 0 bridgehead atoms. The summed E-state index contributed by atoms with van der Waals surface area (Å²) in [7, 11) is 1.56. The third-order valence-corrected chi connectivity index (χ3v) is 8.74. The summed E-state index contributed by atoms with van der Waals surface area (Å²) in [6.45, 7) is 4.69. The van der Waals surface area contributed by atoms with Gasteiger partial charge in [-0.15, -0.1) is 11.8 Å². The van der Waals surface area contributed by atoms with E-state index in [0.29, 0.717) is 28.6 Å². The number of aryl methyl sites for hydroxylation is 1. The predicted octanol–water partition coefficient (Wildman–Crippen LogP) is 7.35. The average Bonchev–Trinajstić information content (AvgIpc) is 2.89. The molecule has 8 heteroatoms. The van der Waals surface area contributed by atoms with Crippen LogP contribution in [-0.2, 0) is 4.79 Å². The van der Waals surface area contributed by atoms with Crippen molar-refractivity contribution in [3.63, 3.8) is 0 Å². The van der Waals surface area contributed by atoms with Gasteiger partial charge in [0.2, 0.25) is 0 Å². The van der Waals surface area contributed by atoms with Crippen LogP contribution in [0.5, 0.6) is 5.75 Å². The minimum atomic E-state index is -1.32. The highest BCUT2D eigenvalue weighted by Gasteiger charge is 2.37. The molecular weight excluding hydrogens is 511 g/mol. The van der Waals surface area contributed by atoms with E-state index in [-0.39, 0.29) is 17.9 Å². The van der Waals surface area contributed by atoms with Gasteiger partial charge in [-0.3, -0.25) is 9.78 Å². The van der Waals surface area contributed by atoms with Gasteiger partial charge in [0.05, 0.1) is 24.1 Å². The molecular formula is C29H34ClFN2O3S. The number of rotatable bonds is 11. The van der Waals surface area contributed by atoms with Gasteiger partial charge in [-0.25, -0.2) is 4.39 Å². The molecule has 0 saturated carbocycles. The zero-order valence-corrected chi connectivity index (χ0v) is 23.0. The summed E-state index contributed by atoms with van der Waals surface area (Å²) in [5.74, 6) is 0.773. The molecule has 4 rings (SSSR count). The minimum absolute atomic E-state index is 0.0598. The predicted molar refractivity (Wildman–Crippen MR) is 149 cm³/mol. The highest BCUT2D eigenvalue weighted by atomic mass is 35.5. The van der Waals surface area contributed by atoms with Crippen molar-refractivity contribution in [2.75, 3.05) is 32.5 Å². The van der Waals surface area contributed by atoms with Gasteiger partial charge in [-0.1, -0.05) is 29.3 Å². The smallest absolute Gasteiger partial charge is 0.303 e. The van der Waals surface area contributed by atoms with E-state index in [2.05, 4.69) is 41.1 Å². The summed E-state index contributed by atoms with van der Waals surface area (Å²) in [5, 5.41) is 10.6. The average molecular weight is 545 g/mol. The van der Waals surface area contributed by atoms with E-state index in [1.165, 1.54) is 16.7 Å². The number of aromatic nitrogens is 1. The topological polar surface area (TPSA) is 62.7 Å². The number of carboxylic acids is 1. The third kappa shape index (κ3) is 7.15. The number of hydrogen-bond acceptors (Lipinski definition) is 5. The van der Waals surface area contributed by atoms with Crippen molar-refractivity contribution < 1.29 is 19.0 Å². The lowest BCUT2D eigenvalue weighted by molar-refractivity contribution is -0.141. The van der Waals surface area contributed by atoms with Crippen molar-refractivity contribution in [1.82, 2.24) is 9.88 Å². The lowest BCUT2D eigenvalue weighted by atomic mass is 9.71. The Hall–Kier alpha value is -2.35. The highest BCUT2D eigenvalue weighted by molar-refractivity contribution is 7.99. The van der Waals surface area contributed by atoms with Crippen molar-refractivity contribution in [1.29, 1.82) is 0 Å². The normalized spacial score (nSPS) is 16.5. The van der Waals surface area contributed by atoms with Gasteiger partial charge in [-0.2, -0.15) is 0 Å². The Balaban J connectivity index is 1.38. The first kappa shape index (κ1) is 27.7. The molecule has 1 saturated heterocycles. The molecule has 0 amide bonds. The number of carbonyl (C=O) groups is 1. The number of pyridine rings is 1. The first-order chi connectivity index (χ1) is 17.8. The zero-order valence-electron chi connectivity index (χ0n) is 21.4. The highest BCUT2D eigenvalue weighted by Crippen LogP contribution is 2.44. The largest absolute Gasteiger partial charge is 0.497 e. The van der Waals surface area contributed by atoms with E-state index < -0.39 is 17.6 Å². The molecule has 1 N–H and O–H groups in total. The van der Waals surface area contributed by atoms with Crippen LogP contribution in [0.3, 0.4) is 0 Å². The molecule has 0 radical (unpaired) electrons. The number of alkyl halides is 1. The molecule has 1 atom stereocenters. The number of aliphatic carboxylic acids is 1. The van der Waals surface area contributed by atoms with Gasteiger partial charge in [0, 0.05) is 34.3 Å². The molecule has 1 aliphatic heterocycles. The number of thioether (sulfide) groups is 1. The number of benzene rings is 2. The maximum absolute atomic E-state index is 15.7. The molecule has 5 nitrogen and oxygen atoms in total. The minimum Gasteiger partial charge on any atom is -0.497 e. The molecule has 1 aliphatic rings. The van der Waals surface area contributed by atoms with E-state index in [9.17, 15) is 9.90 Å². The van der Waals surface area contributed by atoms with E-state index in [1.807, 2.05) is 11.8 Å². The van der Waals surface area contributed by atoms with Crippen molar-refractivity contribution in [3.05, 3.63) is 64.8 Å². The van der Waals surface area contributed by atoms with Crippen LogP contribution < -0.4 is 4.74 Å². The fraction of sp³-hybridized carbons (Fsp3) is 0.448. The van der Waals surface area contributed by atoms with Crippen LogP contribution in [0.2, 0.25) is 5.02 Å². The van der Waals surface area contributed by atoms with Crippen LogP contribution in [0.25, 0.3) is 10.9 Å². The van der Waals surface area contributed by atoms with Crippen molar-refractivity contribution in [3.8, 4) is 5.75 Å². The standard InChI is InChI=1S/C29H34ClFN2O3S/c1-20-3-6-22(7-4-20)37-16-15-33-13-11-29(12-14-33,18-27(34)35)10-9-25(31)28-23-17-21(36-2)5-8-26(23)32-19-24(28)30/h3-8,17,19,25H,9-16,18H2,1-2H3,(H,34,35)/t25-/m1/s1. The number of piperidine rings is 1. The molecule has 0 aliphatic carbocycles. The van der Waals surface area contributed by atoms with Crippen LogP contribution >= 0.6 is 23.4 Å². The first-order valence-electron chi connectivity index (χ1n) is 12.7. The van der Waals surface area contributed by atoms with Crippen molar-refractivity contribution in [2.24, 2.45) is 5.41 Å². The number of nitrogens with zero attached hydrogens (tertiary/aromatic N) is 2. The summed E-state index contributed by atoms with van der Waals surface area (Å²) in [6, 6.07) is 13.9. The Bertz CT molecular complexity index is 1220. The Labute approximate surface area is 227 Å². The zero-order chi connectivity index (χ0) is 26.4. The Kier molecular flexibility index (Phi) is 9.32. The number of methoxy groups -OCH3 is 1. The second-order valence-electron chi connectivity index (χ2n) is 9.98. The second-order valence-corrected chi connectivity index (χ2v) is 11.6. The fourth-order valence-corrected chi connectivity index (χ4v) is 6.39. The van der Waals surface area contributed by atoms with Gasteiger partial charge >= 0.3 is 5.97 Å². The maximum Gasteiger partial charge on any atom is 0.303 e. The molecule has 2 heterocycles. The number of ether oxygens (including phenoxy) is 1. The van der Waals surface area contributed by atoms with Crippen LogP contribution in [-0.4, -0.2) is 53.5 Å². The summed E-state index contributed by atoms with van der Waals surface area (Å²) >= 11 is 8.25. The molecule has 1 fully saturated rings. The lowest BCUT2D eigenvalue weighted by Gasteiger charge is -2.41. The molecule has 2 aromatic carbocycles. The van der Waals surface area contributed by atoms with Crippen molar-refractivity contribution in [2.45, 2.75) is 50.1 Å². The molecule has 1 aromatic heterocycles. The lowest BCUT2D eigenvalue weighted by Crippen LogP contribution is -2.42. The summed E-state index contributed by atoms with van der Waals surface area (Å²) in [4.78, 5) is 19.7. The van der Waals surface area contributed by atoms with Gasteiger partial charge in [0.1, 0.15) is 11.9 Å².